The van der Waals surface area contributed by atoms with Crippen LogP contribution < -0.4 is 15.4 Å². The highest BCUT2D eigenvalue weighted by molar-refractivity contribution is 5.79. The fraction of sp³-hybridized carbons (Fsp3) is 0.647. The van der Waals surface area contributed by atoms with E-state index in [1.54, 1.807) is 13.3 Å². The van der Waals surface area contributed by atoms with Crippen LogP contribution in [0.3, 0.4) is 0 Å². The van der Waals surface area contributed by atoms with Crippen molar-refractivity contribution in [1.29, 1.82) is 0 Å². The van der Waals surface area contributed by atoms with E-state index in [0.717, 1.165) is 37.5 Å². The topological polar surface area (TPSA) is 61.8 Å². The van der Waals surface area contributed by atoms with Crippen molar-refractivity contribution in [2.45, 2.75) is 45.3 Å². The van der Waals surface area contributed by atoms with Crippen molar-refractivity contribution in [2.24, 2.45) is 4.99 Å². The molecule has 6 nitrogen and oxygen atoms in total. The maximum Gasteiger partial charge on any atom is 0.213 e. The molecule has 2 N–H and O–H groups in total. The Labute approximate surface area is 139 Å². The minimum Gasteiger partial charge on any atom is -0.481 e. The molecular formula is C17H29N5O. The van der Waals surface area contributed by atoms with Gasteiger partial charge in [-0.1, -0.05) is 0 Å². The van der Waals surface area contributed by atoms with E-state index in [2.05, 4.69) is 39.4 Å². The van der Waals surface area contributed by atoms with Gasteiger partial charge in [-0.05, 0) is 38.3 Å². The van der Waals surface area contributed by atoms with Crippen LogP contribution in [-0.4, -0.2) is 55.2 Å². The van der Waals surface area contributed by atoms with Crippen molar-refractivity contribution in [2.75, 3.05) is 27.2 Å². The third kappa shape index (κ3) is 5.39. The highest BCUT2D eigenvalue weighted by Crippen LogP contribution is 2.13. The molecule has 1 saturated heterocycles. The van der Waals surface area contributed by atoms with Gasteiger partial charge in [-0.25, -0.2) is 4.98 Å². The molecule has 23 heavy (non-hydrogen) atoms. The lowest BCUT2D eigenvalue weighted by atomic mass is 10.0. The minimum absolute atomic E-state index is 0.489. The van der Waals surface area contributed by atoms with Gasteiger partial charge in [0.2, 0.25) is 5.88 Å². The van der Waals surface area contributed by atoms with E-state index in [-0.39, 0.29) is 0 Å². The summed E-state index contributed by atoms with van der Waals surface area (Å²) in [5.41, 5.74) is 1.12. The Morgan fingerprint density at radius 1 is 1.43 bits per heavy atom. The number of guanidine groups is 1. The SMILES string of the molecule is CN=C(NCc1ccnc(OC)c1)NC1CCN(C(C)C)CC1. The summed E-state index contributed by atoms with van der Waals surface area (Å²) >= 11 is 0. The predicted molar refractivity (Wildman–Crippen MR) is 93.9 cm³/mol. The summed E-state index contributed by atoms with van der Waals surface area (Å²) in [5, 5.41) is 6.89. The van der Waals surface area contributed by atoms with Gasteiger partial charge in [-0.15, -0.1) is 0 Å². The summed E-state index contributed by atoms with van der Waals surface area (Å²) in [7, 11) is 3.44. The monoisotopic (exact) mass is 319 g/mol. The van der Waals surface area contributed by atoms with E-state index in [1.807, 2.05) is 19.2 Å². The summed E-state index contributed by atoms with van der Waals surface area (Å²) in [5.74, 6) is 1.48. The van der Waals surface area contributed by atoms with Crippen LogP contribution in [0.25, 0.3) is 0 Å². The van der Waals surface area contributed by atoms with Gasteiger partial charge in [0.25, 0.3) is 0 Å². The average molecular weight is 319 g/mol. The Morgan fingerprint density at radius 3 is 2.78 bits per heavy atom. The number of piperidine rings is 1. The zero-order chi connectivity index (χ0) is 16.7. The molecule has 2 heterocycles. The van der Waals surface area contributed by atoms with E-state index >= 15 is 0 Å². The molecule has 0 spiro atoms. The molecule has 0 atom stereocenters. The van der Waals surface area contributed by atoms with E-state index in [9.17, 15) is 0 Å². The summed E-state index contributed by atoms with van der Waals surface area (Å²) in [6.07, 6.45) is 4.07. The molecular weight excluding hydrogens is 290 g/mol. The zero-order valence-electron chi connectivity index (χ0n) is 14.7. The summed E-state index contributed by atoms with van der Waals surface area (Å²) in [4.78, 5) is 11.0. The summed E-state index contributed by atoms with van der Waals surface area (Å²) < 4.78 is 5.15. The molecule has 1 aliphatic rings. The number of aliphatic imine (C=N–C) groups is 1. The lowest BCUT2D eigenvalue weighted by Gasteiger charge is -2.35. The van der Waals surface area contributed by atoms with E-state index in [1.165, 1.54) is 0 Å². The molecule has 1 aliphatic heterocycles. The van der Waals surface area contributed by atoms with Crippen LogP contribution in [0.1, 0.15) is 32.3 Å². The highest BCUT2D eigenvalue weighted by atomic mass is 16.5. The quantitative estimate of drug-likeness (QED) is 0.638. The van der Waals surface area contributed by atoms with Crippen molar-refractivity contribution in [3.8, 4) is 5.88 Å². The average Bonchev–Trinajstić information content (AvgIpc) is 2.59. The largest absolute Gasteiger partial charge is 0.481 e. The van der Waals surface area contributed by atoms with Crippen LogP contribution in [0.5, 0.6) is 5.88 Å². The van der Waals surface area contributed by atoms with Crippen LogP contribution in [0.15, 0.2) is 23.3 Å². The molecule has 0 unspecified atom stereocenters. The van der Waals surface area contributed by atoms with Crippen molar-refractivity contribution < 1.29 is 4.74 Å². The molecule has 1 fully saturated rings. The Hall–Kier alpha value is -1.82. The standard InChI is InChI=1S/C17H29N5O/c1-13(2)22-9-6-15(7-10-22)21-17(18-3)20-12-14-5-8-19-16(11-14)23-4/h5,8,11,13,15H,6-7,9-10,12H2,1-4H3,(H2,18,20,21). The molecule has 0 radical (unpaired) electrons. The number of likely N-dealkylation sites (tertiary alicyclic amines) is 1. The first kappa shape index (κ1) is 17.5. The smallest absolute Gasteiger partial charge is 0.213 e. The number of hydrogen-bond acceptors (Lipinski definition) is 4. The Kier molecular flexibility index (Phi) is 6.65. The fourth-order valence-corrected chi connectivity index (χ4v) is 2.81. The maximum absolute atomic E-state index is 5.15. The summed E-state index contributed by atoms with van der Waals surface area (Å²) in [6.45, 7) is 7.51. The number of methoxy groups -OCH3 is 1. The van der Waals surface area contributed by atoms with Crippen molar-refractivity contribution >= 4 is 5.96 Å². The molecule has 2 rings (SSSR count). The van der Waals surface area contributed by atoms with Gasteiger partial charge in [0.1, 0.15) is 0 Å². The third-order valence-corrected chi connectivity index (χ3v) is 4.29. The first-order valence-electron chi connectivity index (χ1n) is 8.32. The number of nitrogens with one attached hydrogen (secondary N) is 2. The summed E-state index contributed by atoms with van der Waals surface area (Å²) in [6, 6.07) is 5.03. The highest BCUT2D eigenvalue weighted by Gasteiger charge is 2.21. The van der Waals surface area contributed by atoms with Crippen molar-refractivity contribution in [3.63, 3.8) is 0 Å². The molecule has 1 aromatic heterocycles. The molecule has 128 valence electrons. The van der Waals surface area contributed by atoms with E-state index in [0.29, 0.717) is 24.5 Å². The molecule has 0 aromatic carbocycles. The molecule has 0 aliphatic carbocycles. The zero-order valence-corrected chi connectivity index (χ0v) is 14.7. The van der Waals surface area contributed by atoms with Crippen LogP contribution in [-0.2, 0) is 6.54 Å². The molecule has 0 amide bonds. The van der Waals surface area contributed by atoms with Gasteiger partial charge in [-0.3, -0.25) is 4.99 Å². The molecule has 1 aromatic rings. The van der Waals surface area contributed by atoms with E-state index < -0.39 is 0 Å². The first-order chi connectivity index (χ1) is 11.1. The van der Waals surface area contributed by atoms with Gasteiger partial charge < -0.3 is 20.3 Å². The molecule has 6 heteroatoms. The van der Waals surface area contributed by atoms with E-state index in [4.69, 9.17) is 4.74 Å². The number of ether oxygens (including phenoxy) is 1. The van der Waals surface area contributed by atoms with Gasteiger partial charge in [-0.2, -0.15) is 0 Å². The van der Waals surface area contributed by atoms with Crippen LogP contribution >= 0.6 is 0 Å². The number of nitrogens with zero attached hydrogens (tertiary/aromatic N) is 3. The van der Waals surface area contributed by atoms with Crippen LogP contribution in [0.4, 0.5) is 0 Å². The number of hydrogen-bond donors (Lipinski definition) is 2. The number of rotatable bonds is 5. The second-order valence-electron chi connectivity index (χ2n) is 6.18. The van der Waals surface area contributed by atoms with Gasteiger partial charge in [0, 0.05) is 51.0 Å². The first-order valence-corrected chi connectivity index (χ1v) is 8.32. The van der Waals surface area contributed by atoms with Gasteiger partial charge in [0.05, 0.1) is 7.11 Å². The minimum atomic E-state index is 0.489. The predicted octanol–water partition coefficient (Wildman–Crippen LogP) is 1.63. The third-order valence-electron chi connectivity index (χ3n) is 4.29. The number of aromatic nitrogens is 1. The fourth-order valence-electron chi connectivity index (χ4n) is 2.81. The Morgan fingerprint density at radius 2 is 2.17 bits per heavy atom. The molecule has 0 bridgehead atoms. The second kappa shape index (κ2) is 8.72. The second-order valence-corrected chi connectivity index (χ2v) is 6.18. The Bertz CT molecular complexity index is 509. The van der Waals surface area contributed by atoms with Crippen molar-refractivity contribution in [3.05, 3.63) is 23.9 Å². The van der Waals surface area contributed by atoms with Gasteiger partial charge in [0.15, 0.2) is 5.96 Å². The van der Waals surface area contributed by atoms with Crippen LogP contribution in [0, 0.1) is 0 Å². The molecule has 0 saturated carbocycles. The lowest BCUT2D eigenvalue weighted by molar-refractivity contribution is 0.167. The normalized spacial score (nSPS) is 17.3. The number of pyridine rings is 1. The maximum atomic E-state index is 5.15. The van der Waals surface area contributed by atoms with Crippen molar-refractivity contribution in [1.82, 2.24) is 20.5 Å². The van der Waals surface area contributed by atoms with Gasteiger partial charge >= 0.3 is 0 Å². The Balaban J connectivity index is 1.80. The van der Waals surface area contributed by atoms with Crippen LogP contribution in [0.2, 0.25) is 0 Å². The lowest BCUT2D eigenvalue weighted by Crippen LogP contribution is -2.49.